The molecule has 0 aliphatic rings. The fraction of sp³-hybridized carbons (Fsp3) is 0.667. The lowest BCUT2D eigenvalue weighted by Gasteiger charge is -2.22. The first-order valence-corrected chi connectivity index (χ1v) is 7.13. The molecule has 1 N–H and O–H groups in total. The van der Waals surface area contributed by atoms with Crippen LogP contribution in [0.2, 0.25) is 0 Å². The third-order valence-electron chi connectivity index (χ3n) is 2.30. The van der Waals surface area contributed by atoms with Crippen LogP contribution in [0.15, 0.2) is 0 Å². The van der Waals surface area contributed by atoms with Gasteiger partial charge in [0.15, 0.2) is 0 Å². The molecule has 0 aliphatic heterocycles. The second-order valence-electron chi connectivity index (χ2n) is 4.50. The number of hydrogen-bond acceptors (Lipinski definition) is 6. The zero-order chi connectivity index (χ0) is 14.3. The standard InChI is InChI=1S/C12H19N5OS/c1-4-14-12-16-15-10(19-12)11(18)17(7-5-6-13)8-9(2)3/h9H,4-5,7-8H2,1-3H3,(H,14,16). The Kier molecular flexibility index (Phi) is 6.22. The fourth-order valence-corrected chi connectivity index (χ4v) is 2.35. The Morgan fingerprint density at radius 2 is 2.26 bits per heavy atom. The molecule has 0 spiro atoms. The quantitative estimate of drug-likeness (QED) is 0.826. The molecule has 0 fully saturated rings. The smallest absolute Gasteiger partial charge is 0.284 e. The van der Waals surface area contributed by atoms with Gasteiger partial charge in [0.25, 0.3) is 5.91 Å². The van der Waals surface area contributed by atoms with Crippen molar-refractivity contribution < 1.29 is 4.79 Å². The van der Waals surface area contributed by atoms with Crippen molar-refractivity contribution in [2.75, 3.05) is 25.0 Å². The number of nitrogens with zero attached hydrogens (tertiary/aromatic N) is 4. The molecule has 0 bridgehead atoms. The van der Waals surface area contributed by atoms with Gasteiger partial charge in [0.1, 0.15) is 0 Å². The summed E-state index contributed by atoms with van der Waals surface area (Å²) >= 11 is 1.25. The Balaban J connectivity index is 2.76. The van der Waals surface area contributed by atoms with Crippen molar-refractivity contribution in [3.8, 4) is 6.07 Å². The molecule has 1 amide bonds. The van der Waals surface area contributed by atoms with Crippen LogP contribution >= 0.6 is 11.3 Å². The number of carbonyl (C=O) groups excluding carboxylic acids is 1. The molecule has 1 aromatic rings. The fourth-order valence-electron chi connectivity index (χ4n) is 1.57. The van der Waals surface area contributed by atoms with Gasteiger partial charge in [-0.15, -0.1) is 10.2 Å². The second kappa shape index (κ2) is 7.69. The molecule has 0 aromatic carbocycles. The van der Waals surface area contributed by atoms with Crippen LogP contribution in [0.5, 0.6) is 0 Å². The summed E-state index contributed by atoms with van der Waals surface area (Å²) in [6.45, 7) is 7.84. The van der Waals surface area contributed by atoms with Crippen molar-refractivity contribution in [1.82, 2.24) is 15.1 Å². The maximum Gasteiger partial charge on any atom is 0.284 e. The van der Waals surface area contributed by atoms with E-state index in [9.17, 15) is 4.79 Å². The van der Waals surface area contributed by atoms with Crippen molar-refractivity contribution >= 4 is 22.4 Å². The predicted molar refractivity (Wildman–Crippen MR) is 75.0 cm³/mol. The van der Waals surface area contributed by atoms with Crippen molar-refractivity contribution in [2.24, 2.45) is 5.92 Å². The maximum atomic E-state index is 12.3. The number of hydrogen-bond donors (Lipinski definition) is 1. The van der Waals surface area contributed by atoms with E-state index in [4.69, 9.17) is 5.26 Å². The topological polar surface area (TPSA) is 81.9 Å². The van der Waals surface area contributed by atoms with E-state index >= 15 is 0 Å². The molecular weight excluding hydrogens is 262 g/mol. The molecule has 7 heteroatoms. The van der Waals surface area contributed by atoms with Crippen molar-refractivity contribution in [3.05, 3.63) is 5.01 Å². The van der Waals surface area contributed by atoms with Crippen LogP contribution in [-0.2, 0) is 0 Å². The average Bonchev–Trinajstić information content (AvgIpc) is 2.82. The minimum atomic E-state index is -0.148. The molecule has 0 aliphatic carbocycles. The van der Waals surface area contributed by atoms with E-state index in [2.05, 4.69) is 21.6 Å². The minimum absolute atomic E-state index is 0.148. The van der Waals surface area contributed by atoms with Gasteiger partial charge in [0.05, 0.1) is 12.5 Å². The van der Waals surface area contributed by atoms with Gasteiger partial charge in [0, 0.05) is 19.6 Å². The van der Waals surface area contributed by atoms with E-state index < -0.39 is 0 Å². The highest BCUT2D eigenvalue weighted by Gasteiger charge is 2.20. The van der Waals surface area contributed by atoms with E-state index in [1.807, 2.05) is 20.8 Å². The summed E-state index contributed by atoms with van der Waals surface area (Å²) in [6.07, 6.45) is 0.331. The van der Waals surface area contributed by atoms with E-state index in [0.717, 1.165) is 6.54 Å². The average molecular weight is 281 g/mol. The van der Waals surface area contributed by atoms with Crippen LogP contribution in [-0.4, -0.2) is 40.6 Å². The lowest BCUT2D eigenvalue weighted by Crippen LogP contribution is -2.35. The molecule has 104 valence electrons. The second-order valence-corrected chi connectivity index (χ2v) is 5.47. The van der Waals surface area contributed by atoms with Gasteiger partial charge in [-0.05, 0) is 12.8 Å². The van der Waals surface area contributed by atoms with Crippen LogP contribution in [0.1, 0.15) is 37.0 Å². The number of nitrogens with one attached hydrogen (secondary N) is 1. The van der Waals surface area contributed by atoms with Gasteiger partial charge in [0.2, 0.25) is 10.1 Å². The highest BCUT2D eigenvalue weighted by atomic mass is 32.1. The molecule has 1 aromatic heterocycles. The zero-order valence-corrected chi connectivity index (χ0v) is 12.3. The molecule has 0 saturated heterocycles. The highest BCUT2D eigenvalue weighted by molar-refractivity contribution is 7.17. The Morgan fingerprint density at radius 1 is 1.53 bits per heavy atom. The largest absolute Gasteiger partial charge is 0.360 e. The zero-order valence-electron chi connectivity index (χ0n) is 11.5. The minimum Gasteiger partial charge on any atom is -0.360 e. The first-order chi connectivity index (χ1) is 9.08. The van der Waals surface area contributed by atoms with E-state index in [-0.39, 0.29) is 5.91 Å². The van der Waals surface area contributed by atoms with Gasteiger partial charge in [-0.3, -0.25) is 4.79 Å². The number of carbonyl (C=O) groups is 1. The van der Waals surface area contributed by atoms with Crippen LogP contribution in [0.4, 0.5) is 5.13 Å². The molecule has 0 unspecified atom stereocenters. The molecule has 1 rings (SSSR count). The maximum absolute atomic E-state index is 12.3. The monoisotopic (exact) mass is 281 g/mol. The Bertz CT molecular complexity index is 451. The number of anilines is 1. The highest BCUT2D eigenvalue weighted by Crippen LogP contribution is 2.17. The van der Waals surface area contributed by atoms with Crippen molar-refractivity contribution in [2.45, 2.75) is 27.2 Å². The number of rotatable bonds is 7. The summed E-state index contributed by atoms with van der Waals surface area (Å²) in [5, 5.41) is 20.5. The summed E-state index contributed by atoms with van der Waals surface area (Å²) in [5.41, 5.74) is 0. The molecule has 19 heavy (non-hydrogen) atoms. The summed E-state index contributed by atoms with van der Waals surface area (Å²) < 4.78 is 0. The number of amides is 1. The Morgan fingerprint density at radius 3 is 2.84 bits per heavy atom. The Hall–Kier alpha value is -1.68. The van der Waals surface area contributed by atoms with Gasteiger partial charge in [-0.2, -0.15) is 5.26 Å². The van der Waals surface area contributed by atoms with Gasteiger partial charge < -0.3 is 10.2 Å². The van der Waals surface area contributed by atoms with Gasteiger partial charge >= 0.3 is 0 Å². The SMILES string of the molecule is CCNc1nnc(C(=O)N(CCC#N)CC(C)C)s1. The van der Waals surface area contributed by atoms with Crippen molar-refractivity contribution in [3.63, 3.8) is 0 Å². The van der Waals surface area contributed by atoms with E-state index in [1.165, 1.54) is 11.3 Å². The summed E-state index contributed by atoms with van der Waals surface area (Å²) in [4.78, 5) is 14.0. The summed E-state index contributed by atoms with van der Waals surface area (Å²) in [5.74, 6) is 0.203. The first-order valence-electron chi connectivity index (χ1n) is 6.32. The lowest BCUT2D eigenvalue weighted by atomic mass is 10.2. The van der Waals surface area contributed by atoms with Crippen LogP contribution in [0, 0.1) is 17.2 Å². The third-order valence-corrected chi connectivity index (χ3v) is 3.17. The normalized spacial score (nSPS) is 10.3. The molecule has 0 radical (unpaired) electrons. The van der Waals surface area contributed by atoms with Crippen LogP contribution < -0.4 is 5.32 Å². The third kappa shape index (κ3) is 4.83. The van der Waals surface area contributed by atoms with Gasteiger partial charge in [-0.1, -0.05) is 25.2 Å². The van der Waals surface area contributed by atoms with Crippen LogP contribution in [0.25, 0.3) is 0 Å². The summed E-state index contributed by atoms with van der Waals surface area (Å²) in [6, 6.07) is 2.06. The molecule has 0 atom stereocenters. The summed E-state index contributed by atoms with van der Waals surface area (Å²) in [7, 11) is 0. The molecule has 0 saturated carbocycles. The molecular formula is C12H19N5OS. The predicted octanol–water partition coefficient (Wildman–Crippen LogP) is 1.98. The van der Waals surface area contributed by atoms with Crippen molar-refractivity contribution in [1.29, 1.82) is 5.26 Å². The number of nitriles is 1. The number of aromatic nitrogens is 2. The first kappa shape index (κ1) is 15.4. The molecule has 6 nitrogen and oxygen atoms in total. The van der Waals surface area contributed by atoms with E-state index in [1.54, 1.807) is 4.90 Å². The lowest BCUT2D eigenvalue weighted by molar-refractivity contribution is 0.0738. The van der Waals surface area contributed by atoms with Gasteiger partial charge in [-0.25, -0.2) is 0 Å². The van der Waals surface area contributed by atoms with E-state index in [0.29, 0.717) is 35.6 Å². The van der Waals surface area contributed by atoms with Crippen LogP contribution in [0.3, 0.4) is 0 Å². The molecule has 1 heterocycles. The Labute approximate surface area is 117 Å².